The molecule has 5 nitrogen and oxygen atoms in total. The van der Waals surface area contributed by atoms with Gasteiger partial charge < -0.3 is 10.2 Å². The molecule has 1 aliphatic heterocycles. The van der Waals surface area contributed by atoms with Crippen LogP contribution in [0, 0.1) is 0 Å². The number of aromatic nitrogens is 2. The molecule has 3 rings (SSSR count). The average Bonchev–Trinajstić information content (AvgIpc) is 2.88. The van der Waals surface area contributed by atoms with Crippen molar-refractivity contribution in [1.82, 2.24) is 20.0 Å². The maximum Gasteiger partial charge on any atom is 0.264 e. The van der Waals surface area contributed by atoms with Crippen molar-refractivity contribution in [3.63, 3.8) is 0 Å². The molecule has 0 aromatic carbocycles. The molecule has 0 atom stereocenters. The van der Waals surface area contributed by atoms with E-state index in [0.717, 1.165) is 53.4 Å². The number of rotatable bonds is 2. The van der Waals surface area contributed by atoms with Crippen LogP contribution in [0.4, 0.5) is 0 Å². The maximum atomic E-state index is 12.7. The lowest BCUT2D eigenvalue weighted by Crippen LogP contribution is -2.33. The van der Waals surface area contributed by atoms with E-state index in [2.05, 4.69) is 24.3 Å². The lowest BCUT2D eigenvalue weighted by molar-refractivity contribution is 0.0771. The van der Waals surface area contributed by atoms with Crippen molar-refractivity contribution in [3.05, 3.63) is 16.6 Å². The number of halogens is 1. The molecule has 22 heavy (non-hydrogen) atoms. The second kappa shape index (κ2) is 6.98. The fourth-order valence-electron chi connectivity index (χ4n) is 2.80. The standard InChI is InChI=1S/C15H22N4OS.ClH/c1-10(2)13-11-9-12(21-15(11)18(3)17-13)14(20)19-7-4-5-16-6-8-19;/h9-10,16H,4-8H2,1-3H3;1H. The fourth-order valence-corrected chi connectivity index (χ4v) is 3.85. The Morgan fingerprint density at radius 1 is 1.36 bits per heavy atom. The summed E-state index contributed by atoms with van der Waals surface area (Å²) in [4.78, 5) is 16.6. The summed E-state index contributed by atoms with van der Waals surface area (Å²) in [5.41, 5.74) is 1.08. The molecular weight excluding hydrogens is 320 g/mol. The lowest BCUT2D eigenvalue weighted by atomic mass is 10.1. The Kier molecular flexibility index (Phi) is 5.47. The minimum Gasteiger partial charge on any atom is -0.337 e. The first kappa shape index (κ1) is 17.2. The second-order valence-electron chi connectivity index (χ2n) is 5.89. The largest absolute Gasteiger partial charge is 0.337 e. The van der Waals surface area contributed by atoms with Crippen molar-refractivity contribution in [2.24, 2.45) is 7.05 Å². The minimum atomic E-state index is 0. The van der Waals surface area contributed by atoms with E-state index in [-0.39, 0.29) is 18.3 Å². The molecule has 0 bridgehead atoms. The van der Waals surface area contributed by atoms with Crippen molar-refractivity contribution < 1.29 is 4.79 Å². The number of amides is 1. The van der Waals surface area contributed by atoms with E-state index < -0.39 is 0 Å². The maximum absolute atomic E-state index is 12.7. The van der Waals surface area contributed by atoms with Gasteiger partial charge in [0.2, 0.25) is 0 Å². The normalized spacial score (nSPS) is 15.9. The zero-order valence-corrected chi connectivity index (χ0v) is 14.9. The molecule has 0 spiro atoms. The summed E-state index contributed by atoms with van der Waals surface area (Å²) in [6.45, 7) is 7.80. The molecule has 0 aliphatic carbocycles. The number of nitrogens with zero attached hydrogens (tertiary/aromatic N) is 3. The minimum absolute atomic E-state index is 0. The van der Waals surface area contributed by atoms with Crippen LogP contribution in [0.25, 0.3) is 10.2 Å². The van der Waals surface area contributed by atoms with Crippen molar-refractivity contribution in [2.45, 2.75) is 26.2 Å². The molecule has 2 aromatic heterocycles. The molecule has 0 radical (unpaired) electrons. The summed E-state index contributed by atoms with van der Waals surface area (Å²) in [5.74, 6) is 0.531. The Morgan fingerprint density at radius 2 is 2.14 bits per heavy atom. The topological polar surface area (TPSA) is 50.2 Å². The smallest absolute Gasteiger partial charge is 0.264 e. The molecule has 0 unspecified atom stereocenters. The van der Waals surface area contributed by atoms with Gasteiger partial charge in [-0.2, -0.15) is 5.10 Å². The van der Waals surface area contributed by atoms with Crippen LogP contribution < -0.4 is 5.32 Å². The van der Waals surface area contributed by atoms with Gasteiger partial charge in [0.25, 0.3) is 5.91 Å². The fraction of sp³-hybridized carbons (Fsp3) is 0.600. The first-order chi connectivity index (χ1) is 10.1. The number of fused-ring (bicyclic) bond motifs is 1. The third-order valence-corrected chi connectivity index (χ3v) is 5.11. The molecule has 1 fully saturated rings. The molecule has 7 heteroatoms. The van der Waals surface area contributed by atoms with Crippen molar-refractivity contribution in [1.29, 1.82) is 0 Å². The first-order valence-electron chi connectivity index (χ1n) is 7.54. The Bertz CT molecular complexity index is 656. The third kappa shape index (κ3) is 3.14. The highest BCUT2D eigenvalue weighted by atomic mass is 35.5. The van der Waals surface area contributed by atoms with Gasteiger partial charge in [0.15, 0.2) is 0 Å². The van der Waals surface area contributed by atoms with Crippen LogP contribution in [0.5, 0.6) is 0 Å². The van der Waals surface area contributed by atoms with Crippen LogP contribution in [0.15, 0.2) is 6.07 Å². The number of carbonyl (C=O) groups is 1. The summed E-state index contributed by atoms with van der Waals surface area (Å²) < 4.78 is 1.90. The van der Waals surface area contributed by atoms with Gasteiger partial charge in [0.05, 0.1) is 10.6 Å². The second-order valence-corrected chi connectivity index (χ2v) is 6.92. The molecule has 1 aliphatic rings. The summed E-state index contributed by atoms with van der Waals surface area (Å²) in [6, 6.07) is 2.03. The zero-order chi connectivity index (χ0) is 15.0. The number of carbonyl (C=O) groups excluding carboxylic acids is 1. The van der Waals surface area contributed by atoms with Crippen LogP contribution in [0.3, 0.4) is 0 Å². The first-order valence-corrected chi connectivity index (χ1v) is 8.36. The number of nitrogens with one attached hydrogen (secondary N) is 1. The molecular formula is C15H23ClN4OS. The van der Waals surface area contributed by atoms with E-state index >= 15 is 0 Å². The van der Waals surface area contributed by atoms with E-state index in [0.29, 0.717) is 5.92 Å². The lowest BCUT2D eigenvalue weighted by Gasteiger charge is -2.18. The van der Waals surface area contributed by atoms with Crippen LogP contribution in [-0.4, -0.2) is 46.8 Å². The van der Waals surface area contributed by atoms with Gasteiger partial charge in [-0.1, -0.05) is 13.8 Å². The van der Waals surface area contributed by atoms with Crippen molar-refractivity contribution >= 4 is 39.9 Å². The average molecular weight is 343 g/mol. The van der Waals surface area contributed by atoms with Crippen LogP contribution in [0.1, 0.15) is 41.6 Å². The van der Waals surface area contributed by atoms with Gasteiger partial charge in [-0.15, -0.1) is 23.7 Å². The Labute approximate surface area is 141 Å². The zero-order valence-electron chi connectivity index (χ0n) is 13.3. The highest BCUT2D eigenvalue weighted by molar-refractivity contribution is 7.20. The van der Waals surface area contributed by atoms with E-state index in [1.54, 1.807) is 11.3 Å². The molecule has 2 aromatic rings. The van der Waals surface area contributed by atoms with Crippen LogP contribution >= 0.6 is 23.7 Å². The highest BCUT2D eigenvalue weighted by Crippen LogP contribution is 2.32. The monoisotopic (exact) mass is 342 g/mol. The predicted octanol–water partition coefficient (Wildman–Crippen LogP) is 2.62. The highest BCUT2D eigenvalue weighted by Gasteiger charge is 2.22. The quantitative estimate of drug-likeness (QED) is 0.912. The number of aryl methyl sites for hydroxylation is 1. The van der Waals surface area contributed by atoms with Crippen LogP contribution in [-0.2, 0) is 7.05 Å². The van der Waals surface area contributed by atoms with E-state index in [9.17, 15) is 4.79 Å². The SMILES string of the molecule is CC(C)c1nn(C)c2sc(C(=O)N3CCCNCC3)cc12.Cl. The van der Waals surface area contributed by atoms with Gasteiger partial charge in [0.1, 0.15) is 4.83 Å². The Hall–Kier alpha value is -1.11. The number of hydrogen-bond donors (Lipinski definition) is 1. The number of thiophene rings is 1. The molecule has 0 saturated carbocycles. The van der Waals surface area contributed by atoms with Gasteiger partial charge in [-0.3, -0.25) is 9.48 Å². The number of hydrogen-bond acceptors (Lipinski definition) is 4. The van der Waals surface area contributed by atoms with Gasteiger partial charge in [0, 0.05) is 32.1 Å². The molecule has 122 valence electrons. The summed E-state index contributed by atoms with van der Waals surface area (Å²) in [5, 5.41) is 9.04. The molecule has 1 amide bonds. The summed E-state index contributed by atoms with van der Waals surface area (Å²) in [7, 11) is 1.95. The Morgan fingerprint density at radius 3 is 2.86 bits per heavy atom. The van der Waals surface area contributed by atoms with E-state index in [1.165, 1.54) is 0 Å². The van der Waals surface area contributed by atoms with E-state index in [1.807, 2.05) is 22.7 Å². The van der Waals surface area contributed by atoms with Crippen molar-refractivity contribution in [2.75, 3.05) is 26.2 Å². The van der Waals surface area contributed by atoms with E-state index in [4.69, 9.17) is 0 Å². The van der Waals surface area contributed by atoms with Gasteiger partial charge in [-0.05, 0) is 24.9 Å². The molecule has 1 saturated heterocycles. The molecule has 1 N–H and O–H groups in total. The van der Waals surface area contributed by atoms with Gasteiger partial charge >= 0.3 is 0 Å². The Balaban J connectivity index is 0.00000176. The van der Waals surface area contributed by atoms with Crippen LogP contribution in [0.2, 0.25) is 0 Å². The van der Waals surface area contributed by atoms with Crippen molar-refractivity contribution in [3.8, 4) is 0 Å². The third-order valence-electron chi connectivity index (χ3n) is 3.93. The molecule has 3 heterocycles. The summed E-state index contributed by atoms with van der Waals surface area (Å²) >= 11 is 1.56. The predicted molar refractivity (Wildman–Crippen MR) is 93.3 cm³/mol. The summed E-state index contributed by atoms with van der Waals surface area (Å²) in [6.07, 6.45) is 1.02. The van der Waals surface area contributed by atoms with Gasteiger partial charge in [-0.25, -0.2) is 0 Å².